The largest absolute Gasteiger partial charge is 0.360 e. The van der Waals surface area contributed by atoms with Gasteiger partial charge >= 0.3 is 0 Å². The number of halogens is 1. The van der Waals surface area contributed by atoms with Crippen LogP contribution < -0.4 is 0 Å². The molecule has 4 aromatic rings. The van der Waals surface area contributed by atoms with Crippen LogP contribution in [0.5, 0.6) is 0 Å². The number of hydrogen-bond acceptors (Lipinski definition) is 6. The summed E-state index contributed by atoms with van der Waals surface area (Å²) in [4.78, 5) is 15.5. The fourth-order valence-electron chi connectivity index (χ4n) is 3.58. The van der Waals surface area contributed by atoms with Crippen LogP contribution in [-0.2, 0) is 19.5 Å². The Morgan fingerprint density at radius 2 is 1.93 bits per heavy atom. The number of rotatable bonds is 4. The van der Waals surface area contributed by atoms with E-state index in [1.165, 1.54) is 12.1 Å². The van der Waals surface area contributed by atoms with Crippen molar-refractivity contribution in [2.24, 2.45) is 0 Å². The van der Waals surface area contributed by atoms with E-state index < -0.39 is 0 Å². The lowest BCUT2D eigenvalue weighted by Crippen LogP contribution is -2.29. The van der Waals surface area contributed by atoms with Gasteiger partial charge in [-0.05, 0) is 24.3 Å². The highest BCUT2D eigenvalue weighted by Crippen LogP contribution is 2.30. The molecule has 0 fully saturated rings. The lowest BCUT2D eigenvalue weighted by atomic mass is 10.0. The fraction of sp³-hybridized carbons (Fsp3) is 0.182. The number of benzene rings is 1. The SMILES string of the molecule is Fc1cccc(-c2noc3c2CN(Cc2cnc(-c4ccccn4)nc2)CC3)c1. The van der Waals surface area contributed by atoms with Gasteiger partial charge in [-0.2, -0.15) is 0 Å². The molecule has 4 heterocycles. The Hall–Kier alpha value is -3.45. The fourth-order valence-corrected chi connectivity index (χ4v) is 3.58. The van der Waals surface area contributed by atoms with Gasteiger partial charge in [0.25, 0.3) is 0 Å². The average Bonchev–Trinajstić information content (AvgIpc) is 3.18. The van der Waals surface area contributed by atoms with Crippen LogP contribution >= 0.6 is 0 Å². The lowest BCUT2D eigenvalue weighted by Gasteiger charge is -2.25. The summed E-state index contributed by atoms with van der Waals surface area (Å²) in [5.41, 5.74) is 4.25. The first-order chi connectivity index (χ1) is 14.3. The number of hydrogen-bond donors (Lipinski definition) is 0. The van der Waals surface area contributed by atoms with Crippen LogP contribution in [0.4, 0.5) is 4.39 Å². The van der Waals surface area contributed by atoms with Gasteiger partial charge in [-0.3, -0.25) is 9.88 Å². The van der Waals surface area contributed by atoms with E-state index in [1.807, 2.05) is 36.7 Å². The minimum Gasteiger partial charge on any atom is -0.360 e. The highest BCUT2D eigenvalue weighted by molar-refractivity contribution is 5.63. The monoisotopic (exact) mass is 387 g/mol. The molecule has 0 unspecified atom stereocenters. The van der Waals surface area contributed by atoms with E-state index in [9.17, 15) is 4.39 Å². The zero-order chi connectivity index (χ0) is 19.6. The van der Waals surface area contributed by atoms with Gasteiger partial charge < -0.3 is 4.52 Å². The van der Waals surface area contributed by atoms with Crippen LogP contribution in [0.2, 0.25) is 0 Å². The normalized spacial score (nSPS) is 14.0. The Labute approximate surface area is 167 Å². The van der Waals surface area contributed by atoms with Crippen molar-refractivity contribution in [2.45, 2.75) is 19.5 Å². The molecule has 144 valence electrons. The number of aromatic nitrogens is 4. The smallest absolute Gasteiger partial charge is 0.178 e. The predicted molar refractivity (Wildman–Crippen MR) is 105 cm³/mol. The first-order valence-corrected chi connectivity index (χ1v) is 9.44. The molecule has 3 aromatic heterocycles. The number of fused-ring (bicyclic) bond motifs is 1. The van der Waals surface area contributed by atoms with Gasteiger partial charge in [0.15, 0.2) is 5.82 Å². The molecule has 7 heteroatoms. The van der Waals surface area contributed by atoms with Gasteiger partial charge in [-0.15, -0.1) is 0 Å². The van der Waals surface area contributed by atoms with Gasteiger partial charge in [0.2, 0.25) is 0 Å². The van der Waals surface area contributed by atoms with Gasteiger partial charge in [-0.25, -0.2) is 14.4 Å². The summed E-state index contributed by atoms with van der Waals surface area (Å²) in [7, 11) is 0. The van der Waals surface area contributed by atoms with Crippen molar-refractivity contribution in [1.29, 1.82) is 0 Å². The van der Waals surface area contributed by atoms with Crippen molar-refractivity contribution in [3.63, 3.8) is 0 Å². The second-order valence-corrected chi connectivity index (χ2v) is 7.03. The number of nitrogens with zero attached hydrogens (tertiary/aromatic N) is 5. The molecule has 0 saturated heterocycles. The third-order valence-corrected chi connectivity index (χ3v) is 5.01. The minimum atomic E-state index is -0.281. The molecule has 1 aliphatic rings. The molecule has 1 aliphatic heterocycles. The van der Waals surface area contributed by atoms with Crippen LogP contribution in [0, 0.1) is 5.82 Å². The predicted octanol–water partition coefficient (Wildman–Crippen LogP) is 3.89. The van der Waals surface area contributed by atoms with Gasteiger partial charge in [0.1, 0.15) is 23.0 Å². The molecule has 0 atom stereocenters. The molecular weight excluding hydrogens is 369 g/mol. The van der Waals surface area contributed by atoms with Crippen LogP contribution in [0.15, 0.2) is 65.6 Å². The van der Waals surface area contributed by atoms with Crippen molar-refractivity contribution < 1.29 is 8.91 Å². The Bertz CT molecular complexity index is 1130. The van der Waals surface area contributed by atoms with E-state index in [4.69, 9.17) is 4.52 Å². The van der Waals surface area contributed by atoms with Crippen molar-refractivity contribution in [1.82, 2.24) is 25.0 Å². The topological polar surface area (TPSA) is 67.9 Å². The zero-order valence-electron chi connectivity index (χ0n) is 15.6. The third kappa shape index (κ3) is 3.64. The summed E-state index contributed by atoms with van der Waals surface area (Å²) >= 11 is 0. The molecule has 0 bridgehead atoms. The van der Waals surface area contributed by atoms with Crippen LogP contribution in [0.3, 0.4) is 0 Å². The maximum absolute atomic E-state index is 13.6. The molecular formula is C22H18FN5O. The molecule has 0 radical (unpaired) electrons. The standard InChI is InChI=1S/C22H18FN5O/c23-17-5-3-4-16(10-17)21-18-14-28(9-7-20(18)29-27-21)13-15-11-25-22(26-12-15)19-6-1-2-8-24-19/h1-6,8,10-12H,7,9,13-14H2. The van der Waals surface area contributed by atoms with Crippen LogP contribution in [0.1, 0.15) is 16.9 Å². The number of pyridine rings is 1. The molecule has 0 spiro atoms. The maximum atomic E-state index is 13.6. The average molecular weight is 387 g/mol. The van der Waals surface area contributed by atoms with Crippen LogP contribution in [0.25, 0.3) is 22.8 Å². The molecule has 0 aliphatic carbocycles. The first kappa shape index (κ1) is 17.6. The third-order valence-electron chi connectivity index (χ3n) is 5.01. The highest BCUT2D eigenvalue weighted by Gasteiger charge is 2.25. The molecule has 5 rings (SSSR count). The molecule has 0 N–H and O–H groups in total. The van der Waals surface area contributed by atoms with E-state index in [0.717, 1.165) is 47.7 Å². The zero-order valence-corrected chi connectivity index (χ0v) is 15.6. The lowest BCUT2D eigenvalue weighted by molar-refractivity contribution is 0.228. The van der Waals surface area contributed by atoms with Crippen LogP contribution in [-0.4, -0.2) is 31.6 Å². The van der Waals surface area contributed by atoms with Crippen molar-refractivity contribution in [3.8, 4) is 22.8 Å². The Morgan fingerprint density at radius 1 is 1.03 bits per heavy atom. The summed E-state index contributed by atoms with van der Waals surface area (Å²) in [6, 6.07) is 12.1. The van der Waals surface area contributed by atoms with Crippen molar-refractivity contribution in [2.75, 3.05) is 6.54 Å². The van der Waals surface area contributed by atoms with Gasteiger partial charge in [0.05, 0.1) is 0 Å². The van der Waals surface area contributed by atoms with E-state index in [0.29, 0.717) is 18.1 Å². The van der Waals surface area contributed by atoms with E-state index in [2.05, 4.69) is 25.0 Å². The summed E-state index contributed by atoms with van der Waals surface area (Å²) in [6.45, 7) is 2.26. The Balaban J connectivity index is 1.33. The van der Waals surface area contributed by atoms with Crippen molar-refractivity contribution in [3.05, 3.63) is 83.8 Å². The minimum absolute atomic E-state index is 0.281. The molecule has 0 saturated carbocycles. The maximum Gasteiger partial charge on any atom is 0.178 e. The highest BCUT2D eigenvalue weighted by atomic mass is 19.1. The Kier molecular flexibility index (Phi) is 4.57. The van der Waals surface area contributed by atoms with E-state index in [-0.39, 0.29) is 5.82 Å². The van der Waals surface area contributed by atoms with Gasteiger partial charge in [-0.1, -0.05) is 23.4 Å². The second kappa shape index (κ2) is 7.52. The summed E-state index contributed by atoms with van der Waals surface area (Å²) in [5.74, 6) is 1.21. The second-order valence-electron chi connectivity index (χ2n) is 7.03. The quantitative estimate of drug-likeness (QED) is 0.529. The molecule has 0 amide bonds. The summed E-state index contributed by atoms with van der Waals surface area (Å²) in [6.07, 6.45) is 6.18. The molecule has 29 heavy (non-hydrogen) atoms. The molecule has 6 nitrogen and oxygen atoms in total. The Morgan fingerprint density at radius 3 is 2.72 bits per heavy atom. The van der Waals surface area contributed by atoms with Crippen molar-refractivity contribution >= 4 is 0 Å². The molecule has 1 aromatic carbocycles. The first-order valence-electron chi connectivity index (χ1n) is 9.44. The van der Waals surface area contributed by atoms with Gasteiger partial charge in [0, 0.05) is 61.3 Å². The van der Waals surface area contributed by atoms with E-state index in [1.54, 1.807) is 12.3 Å². The summed E-state index contributed by atoms with van der Waals surface area (Å²) < 4.78 is 19.1. The summed E-state index contributed by atoms with van der Waals surface area (Å²) in [5, 5.41) is 4.20. The van der Waals surface area contributed by atoms with E-state index >= 15 is 0 Å².